The van der Waals surface area contributed by atoms with E-state index in [4.69, 9.17) is 11.6 Å². The summed E-state index contributed by atoms with van der Waals surface area (Å²) in [5.74, 6) is -0.256. The van der Waals surface area contributed by atoms with Crippen molar-refractivity contribution in [2.45, 2.75) is 6.42 Å². The molecule has 0 atom stereocenters. The second-order valence-corrected chi connectivity index (χ2v) is 4.20. The minimum Gasteiger partial charge on any atom is -0.327 e. The first-order valence-corrected chi connectivity index (χ1v) is 5.75. The molecule has 0 radical (unpaired) electrons. The number of rotatable bonds is 3. The summed E-state index contributed by atoms with van der Waals surface area (Å²) in [6, 6.07) is 10.2. The lowest BCUT2D eigenvalue weighted by atomic mass is 10.1. The van der Waals surface area contributed by atoms with E-state index < -0.39 is 0 Å². The zero-order chi connectivity index (χ0) is 13.0. The molecule has 0 bridgehead atoms. The van der Waals surface area contributed by atoms with Crippen LogP contribution in [0.3, 0.4) is 0 Å². The SMILES string of the molecule is O=C(Cc1cccc(Cl)c1)Nc1ccc[nH]c1=O. The number of aromatic nitrogens is 1. The van der Waals surface area contributed by atoms with Crippen molar-refractivity contribution in [3.63, 3.8) is 0 Å². The molecule has 4 nitrogen and oxygen atoms in total. The Morgan fingerprint density at radius 1 is 1.28 bits per heavy atom. The third kappa shape index (κ3) is 3.21. The van der Waals surface area contributed by atoms with Crippen LogP contribution in [0.4, 0.5) is 5.69 Å². The van der Waals surface area contributed by atoms with E-state index in [0.29, 0.717) is 5.02 Å². The highest BCUT2D eigenvalue weighted by molar-refractivity contribution is 6.30. The number of hydrogen-bond acceptors (Lipinski definition) is 2. The van der Waals surface area contributed by atoms with Crippen LogP contribution in [-0.2, 0) is 11.2 Å². The molecule has 0 fully saturated rings. The molecule has 5 heteroatoms. The lowest BCUT2D eigenvalue weighted by Crippen LogP contribution is -2.20. The molecule has 1 aromatic carbocycles. The van der Waals surface area contributed by atoms with Gasteiger partial charge in [-0.3, -0.25) is 9.59 Å². The summed E-state index contributed by atoms with van der Waals surface area (Å²) >= 11 is 5.83. The van der Waals surface area contributed by atoms with E-state index >= 15 is 0 Å². The van der Waals surface area contributed by atoms with E-state index in [9.17, 15) is 9.59 Å². The van der Waals surface area contributed by atoms with Crippen molar-refractivity contribution in [3.05, 3.63) is 63.5 Å². The van der Waals surface area contributed by atoms with E-state index in [1.807, 2.05) is 0 Å². The minimum absolute atomic E-state index is 0.175. The molecule has 0 aliphatic rings. The Morgan fingerprint density at radius 2 is 2.11 bits per heavy atom. The number of aromatic amines is 1. The number of H-pyrrole nitrogens is 1. The molecule has 0 saturated carbocycles. The molecular weight excluding hydrogens is 252 g/mol. The van der Waals surface area contributed by atoms with Gasteiger partial charge in [-0.2, -0.15) is 0 Å². The average molecular weight is 263 g/mol. The highest BCUT2D eigenvalue weighted by atomic mass is 35.5. The lowest BCUT2D eigenvalue weighted by molar-refractivity contribution is -0.115. The number of carbonyl (C=O) groups is 1. The summed E-state index contributed by atoms with van der Waals surface area (Å²) in [5, 5.41) is 3.13. The first kappa shape index (κ1) is 12.4. The number of benzene rings is 1. The number of anilines is 1. The number of amides is 1. The largest absolute Gasteiger partial charge is 0.327 e. The van der Waals surface area contributed by atoms with E-state index in [-0.39, 0.29) is 23.6 Å². The fourth-order valence-corrected chi connectivity index (χ4v) is 1.76. The van der Waals surface area contributed by atoms with Crippen molar-refractivity contribution in [3.8, 4) is 0 Å². The Kier molecular flexibility index (Phi) is 3.79. The predicted molar refractivity (Wildman–Crippen MR) is 70.8 cm³/mol. The van der Waals surface area contributed by atoms with Gasteiger partial charge >= 0.3 is 0 Å². The predicted octanol–water partition coefficient (Wildman–Crippen LogP) is 2.21. The van der Waals surface area contributed by atoms with Gasteiger partial charge in [-0.15, -0.1) is 0 Å². The molecule has 92 valence electrons. The monoisotopic (exact) mass is 262 g/mol. The number of carbonyl (C=O) groups excluding carboxylic acids is 1. The molecule has 18 heavy (non-hydrogen) atoms. The molecule has 1 heterocycles. The smallest absolute Gasteiger partial charge is 0.271 e. The van der Waals surface area contributed by atoms with Crippen LogP contribution in [0.2, 0.25) is 5.02 Å². The Morgan fingerprint density at radius 3 is 2.83 bits per heavy atom. The maximum Gasteiger partial charge on any atom is 0.271 e. The van der Waals surface area contributed by atoms with Gasteiger partial charge in [-0.25, -0.2) is 0 Å². The van der Waals surface area contributed by atoms with E-state index in [1.54, 1.807) is 36.4 Å². The molecule has 1 amide bonds. The Bertz CT molecular complexity index is 622. The highest BCUT2D eigenvalue weighted by Crippen LogP contribution is 2.11. The first-order chi connectivity index (χ1) is 8.65. The van der Waals surface area contributed by atoms with Gasteiger partial charge in [-0.1, -0.05) is 23.7 Å². The summed E-state index contributed by atoms with van der Waals surface area (Å²) < 4.78 is 0. The third-order valence-electron chi connectivity index (χ3n) is 2.35. The highest BCUT2D eigenvalue weighted by Gasteiger charge is 2.06. The zero-order valence-electron chi connectivity index (χ0n) is 9.44. The van der Waals surface area contributed by atoms with Gasteiger partial charge in [0.2, 0.25) is 5.91 Å². The number of hydrogen-bond donors (Lipinski definition) is 2. The summed E-state index contributed by atoms with van der Waals surface area (Å²) in [6.07, 6.45) is 1.68. The molecule has 0 aliphatic carbocycles. The van der Waals surface area contributed by atoms with Gasteiger partial charge in [0.15, 0.2) is 0 Å². The average Bonchev–Trinajstić information content (AvgIpc) is 2.32. The van der Waals surface area contributed by atoms with Crippen molar-refractivity contribution < 1.29 is 4.79 Å². The van der Waals surface area contributed by atoms with Gasteiger partial charge in [0.1, 0.15) is 5.69 Å². The molecular formula is C13H11ClN2O2. The summed E-state index contributed by atoms with van der Waals surface area (Å²) in [5.41, 5.74) is 0.717. The van der Waals surface area contributed by atoms with Crippen molar-refractivity contribution in [2.24, 2.45) is 0 Å². The third-order valence-corrected chi connectivity index (χ3v) is 2.58. The second kappa shape index (κ2) is 5.51. The zero-order valence-corrected chi connectivity index (χ0v) is 10.2. The topological polar surface area (TPSA) is 62.0 Å². The van der Waals surface area contributed by atoms with Crippen LogP contribution in [0.1, 0.15) is 5.56 Å². The van der Waals surface area contributed by atoms with Crippen LogP contribution < -0.4 is 10.9 Å². The number of halogens is 1. The second-order valence-electron chi connectivity index (χ2n) is 3.77. The number of pyridine rings is 1. The summed E-state index contributed by atoms with van der Waals surface area (Å²) in [4.78, 5) is 25.6. The minimum atomic E-state index is -0.322. The Hall–Kier alpha value is -2.07. The maximum atomic E-state index is 11.7. The normalized spacial score (nSPS) is 10.1. The van der Waals surface area contributed by atoms with Gasteiger partial charge in [0.05, 0.1) is 6.42 Å². The van der Waals surface area contributed by atoms with Crippen LogP contribution >= 0.6 is 11.6 Å². The van der Waals surface area contributed by atoms with Crippen LogP contribution in [0.25, 0.3) is 0 Å². The molecule has 2 aromatic rings. The van der Waals surface area contributed by atoms with Gasteiger partial charge < -0.3 is 10.3 Å². The fourth-order valence-electron chi connectivity index (χ4n) is 1.55. The molecule has 0 spiro atoms. The van der Waals surface area contributed by atoms with Crippen molar-refractivity contribution in [1.82, 2.24) is 4.98 Å². The first-order valence-electron chi connectivity index (χ1n) is 5.37. The summed E-state index contributed by atoms with van der Waals surface area (Å²) in [6.45, 7) is 0. The fraction of sp³-hybridized carbons (Fsp3) is 0.0769. The van der Waals surface area contributed by atoms with Crippen LogP contribution in [0, 0.1) is 0 Å². The Labute approximate surface area is 109 Å². The van der Waals surface area contributed by atoms with Crippen LogP contribution in [0.5, 0.6) is 0 Å². The quantitative estimate of drug-likeness (QED) is 0.891. The van der Waals surface area contributed by atoms with Gasteiger partial charge in [0, 0.05) is 11.2 Å². The molecule has 2 rings (SSSR count). The van der Waals surface area contributed by atoms with Crippen LogP contribution in [0.15, 0.2) is 47.4 Å². The molecule has 2 N–H and O–H groups in total. The molecule has 0 saturated heterocycles. The van der Waals surface area contributed by atoms with Gasteiger partial charge in [-0.05, 0) is 29.8 Å². The van der Waals surface area contributed by atoms with E-state index in [2.05, 4.69) is 10.3 Å². The standard InChI is InChI=1S/C13H11ClN2O2/c14-10-4-1-3-9(7-10)8-12(17)16-11-5-2-6-15-13(11)18/h1-7H,8H2,(H,15,18)(H,16,17). The van der Waals surface area contributed by atoms with Gasteiger partial charge in [0.25, 0.3) is 5.56 Å². The molecule has 0 unspecified atom stereocenters. The maximum absolute atomic E-state index is 11.7. The number of nitrogens with one attached hydrogen (secondary N) is 2. The molecule has 1 aromatic heterocycles. The molecule has 0 aliphatic heterocycles. The van der Waals surface area contributed by atoms with Crippen molar-refractivity contribution >= 4 is 23.2 Å². The van der Waals surface area contributed by atoms with Crippen molar-refractivity contribution in [1.29, 1.82) is 0 Å². The van der Waals surface area contributed by atoms with E-state index in [0.717, 1.165) is 5.56 Å². The van der Waals surface area contributed by atoms with Crippen LogP contribution in [-0.4, -0.2) is 10.9 Å². The van der Waals surface area contributed by atoms with E-state index in [1.165, 1.54) is 6.20 Å². The summed E-state index contributed by atoms with van der Waals surface area (Å²) in [7, 11) is 0. The van der Waals surface area contributed by atoms with Crippen molar-refractivity contribution in [2.75, 3.05) is 5.32 Å². The Balaban J connectivity index is 2.06. The lowest BCUT2D eigenvalue weighted by Gasteiger charge is -2.04.